The summed E-state index contributed by atoms with van der Waals surface area (Å²) >= 11 is 3.38. The van der Waals surface area contributed by atoms with E-state index in [4.69, 9.17) is 0 Å². The van der Waals surface area contributed by atoms with Crippen LogP contribution in [0.3, 0.4) is 0 Å². The van der Waals surface area contributed by atoms with Crippen LogP contribution in [0.1, 0.15) is 11.3 Å². The van der Waals surface area contributed by atoms with Gasteiger partial charge in [0.15, 0.2) is 0 Å². The maximum atomic E-state index is 4.29. The maximum absolute atomic E-state index is 4.29. The second-order valence-electron chi connectivity index (χ2n) is 3.39. The molecule has 2 aromatic heterocycles. The number of pyridine rings is 1. The number of nitrogens with one attached hydrogen (secondary N) is 1. The minimum atomic E-state index is 0.628. The van der Waals surface area contributed by atoms with E-state index in [1.807, 2.05) is 25.1 Å². The highest BCUT2D eigenvalue weighted by atomic mass is 79.9. The van der Waals surface area contributed by atoms with Gasteiger partial charge in [-0.3, -0.25) is 0 Å². The molecule has 0 amide bonds. The SMILES string of the molecule is Cc1cc(Br)cnc1NCc1cccnn1. The van der Waals surface area contributed by atoms with Crippen LogP contribution in [0, 0.1) is 6.92 Å². The number of hydrogen-bond acceptors (Lipinski definition) is 4. The number of aryl methyl sites for hydroxylation is 1. The van der Waals surface area contributed by atoms with Gasteiger partial charge in [-0.2, -0.15) is 10.2 Å². The summed E-state index contributed by atoms with van der Waals surface area (Å²) in [5.41, 5.74) is 1.99. The van der Waals surface area contributed by atoms with Crippen molar-refractivity contribution in [1.82, 2.24) is 15.2 Å². The average Bonchev–Trinajstić information content (AvgIpc) is 2.29. The topological polar surface area (TPSA) is 50.7 Å². The molecule has 0 saturated heterocycles. The van der Waals surface area contributed by atoms with Gasteiger partial charge < -0.3 is 5.32 Å². The van der Waals surface area contributed by atoms with E-state index in [1.54, 1.807) is 12.4 Å². The summed E-state index contributed by atoms with van der Waals surface area (Å²) in [7, 11) is 0. The summed E-state index contributed by atoms with van der Waals surface area (Å²) in [6, 6.07) is 5.81. The van der Waals surface area contributed by atoms with Crippen molar-refractivity contribution in [2.24, 2.45) is 0 Å². The molecule has 0 bridgehead atoms. The number of anilines is 1. The molecule has 0 atom stereocenters. The Morgan fingerprint density at radius 1 is 1.44 bits per heavy atom. The molecular formula is C11H11BrN4. The zero-order valence-corrected chi connectivity index (χ0v) is 10.4. The molecule has 0 aliphatic carbocycles. The molecule has 0 saturated carbocycles. The van der Waals surface area contributed by atoms with Crippen LogP contribution in [0.5, 0.6) is 0 Å². The molecule has 82 valence electrons. The van der Waals surface area contributed by atoms with E-state index in [1.165, 1.54) is 0 Å². The quantitative estimate of drug-likeness (QED) is 0.938. The van der Waals surface area contributed by atoms with E-state index >= 15 is 0 Å². The Bertz CT molecular complexity index is 473. The van der Waals surface area contributed by atoms with Crippen LogP contribution in [-0.4, -0.2) is 15.2 Å². The molecule has 16 heavy (non-hydrogen) atoms. The summed E-state index contributed by atoms with van der Waals surface area (Å²) < 4.78 is 0.982. The lowest BCUT2D eigenvalue weighted by molar-refractivity contribution is 0.919. The fourth-order valence-corrected chi connectivity index (χ4v) is 1.77. The normalized spacial score (nSPS) is 10.1. The molecule has 0 fully saturated rings. The fraction of sp³-hybridized carbons (Fsp3) is 0.182. The molecular weight excluding hydrogens is 268 g/mol. The van der Waals surface area contributed by atoms with Gasteiger partial charge in [0.1, 0.15) is 5.82 Å². The van der Waals surface area contributed by atoms with Crippen molar-refractivity contribution in [1.29, 1.82) is 0 Å². The van der Waals surface area contributed by atoms with Crippen molar-refractivity contribution in [3.63, 3.8) is 0 Å². The number of nitrogens with zero attached hydrogens (tertiary/aromatic N) is 3. The molecule has 0 radical (unpaired) electrons. The zero-order valence-electron chi connectivity index (χ0n) is 8.81. The Morgan fingerprint density at radius 3 is 3.00 bits per heavy atom. The third-order valence-corrected chi connectivity index (χ3v) is 2.54. The van der Waals surface area contributed by atoms with Gasteiger partial charge in [-0.1, -0.05) is 0 Å². The lowest BCUT2D eigenvalue weighted by Crippen LogP contribution is -2.05. The largest absolute Gasteiger partial charge is 0.364 e. The second kappa shape index (κ2) is 5.03. The lowest BCUT2D eigenvalue weighted by atomic mass is 10.3. The van der Waals surface area contributed by atoms with E-state index in [2.05, 4.69) is 36.4 Å². The first-order valence-corrected chi connectivity index (χ1v) is 5.67. The van der Waals surface area contributed by atoms with Crippen LogP contribution in [-0.2, 0) is 6.54 Å². The van der Waals surface area contributed by atoms with Gasteiger partial charge in [0, 0.05) is 16.9 Å². The lowest BCUT2D eigenvalue weighted by Gasteiger charge is -2.07. The monoisotopic (exact) mass is 278 g/mol. The Labute approximate surface area is 102 Å². The molecule has 5 heteroatoms. The van der Waals surface area contributed by atoms with Crippen LogP contribution in [0.4, 0.5) is 5.82 Å². The zero-order chi connectivity index (χ0) is 11.4. The molecule has 0 unspecified atom stereocenters. The third-order valence-electron chi connectivity index (χ3n) is 2.11. The summed E-state index contributed by atoms with van der Waals surface area (Å²) in [4.78, 5) is 4.29. The van der Waals surface area contributed by atoms with Gasteiger partial charge in [0.2, 0.25) is 0 Å². The first kappa shape index (κ1) is 11.0. The molecule has 0 aliphatic heterocycles. The summed E-state index contributed by atoms with van der Waals surface area (Å²) in [6.07, 6.45) is 3.43. The predicted molar refractivity (Wildman–Crippen MR) is 66.0 cm³/mol. The van der Waals surface area contributed by atoms with Gasteiger partial charge in [0.05, 0.1) is 12.2 Å². The third kappa shape index (κ3) is 2.76. The molecule has 0 spiro atoms. The van der Waals surface area contributed by atoms with Gasteiger partial charge in [-0.25, -0.2) is 4.98 Å². The van der Waals surface area contributed by atoms with E-state index in [9.17, 15) is 0 Å². The standard InChI is InChI=1S/C11H11BrN4/c1-8-5-9(12)6-13-11(8)14-7-10-3-2-4-15-16-10/h2-6H,7H2,1H3,(H,13,14). The second-order valence-corrected chi connectivity index (χ2v) is 4.30. The Hall–Kier alpha value is -1.49. The van der Waals surface area contributed by atoms with Crippen molar-refractivity contribution in [2.45, 2.75) is 13.5 Å². The highest BCUT2D eigenvalue weighted by molar-refractivity contribution is 9.10. The van der Waals surface area contributed by atoms with Crippen molar-refractivity contribution >= 4 is 21.7 Å². The maximum Gasteiger partial charge on any atom is 0.129 e. The van der Waals surface area contributed by atoms with Crippen molar-refractivity contribution < 1.29 is 0 Å². The molecule has 2 heterocycles. The van der Waals surface area contributed by atoms with Crippen LogP contribution >= 0.6 is 15.9 Å². The number of halogens is 1. The van der Waals surface area contributed by atoms with Gasteiger partial charge in [-0.15, -0.1) is 0 Å². The molecule has 4 nitrogen and oxygen atoms in total. The fourth-order valence-electron chi connectivity index (χ4n) is 1.33. The molecule has 0 aromatic carbocycles. The molecule has 2 rings (SSSR count). The van der Waals surface area contributed by atoms with Crippen molar-refractivity contribution in [2.75, 3.05) is 5.32 Å². The van der Waals surface area contributed by atoms with Crippen LogP contribution in [0.25, 0.3) is 0 Å². The summed E-state index contributed by atoms with van der Waals surface area (Å²) in [5, 5.41) is 11.0. The number of hydrogen-bond donors (Lipinski definition) is 1. The molecule has 1 N–H and O–H groups in total. The van der Waals surface area contributed by atoms with E-state index < -0.39 is 0 Å². The number of aromatic nitrogens is 3. The van der Waals surface area contributed by atoms with Gasteiger partial charge in [-0.05, 0) is 46.6 Å². The highest BCUT2D eigenvalue weighted by Crippen LogP contribution is 2.16. The highest BCUT2D eigenvalue weighted by Gasteiger charge is 2.00. The minimum absolute atomic E-state index is 0.628. The predicted octanol–water partition coefficient (Wildman–Crippen LogP) is 2.55. The molecule has 2 aromatic rings. The van der Waals surface area contributed by atoms with Crippen molar-refractivity contribution in [3.05, 3.63) is 46.3 Å². The van der Waals surface area contributed by atoms with Crippen molar-refractivity contribution in [3.8, 4) is 0 Å². The Kier molecular flexibility index (Phi) is 3.46. The molecule has 0 aliphatic rings. The smallest absolute Gasteiger partial charge is 0.129 e. The van der Waals surface area contributed by atoms with E-state index in [0.29, 0.717) is 6.54 Å². The van der Waals surface area contributed by atoms with Crippen LogP contribution < -0.4 is 5.32 Å². The van der Waals surface area contributed by atoms with Crippen LogP contribution in [0.2, 0.25) is 0 Å². The Balaban J connectivity index is 2.05. The van der Waals surface area contributed by atoms with Gasteiger partial charge in [0.25, 0.3) is 0 Å². The van der Waals surface area contributed by atoms with Crippen LogP contribution in [0.15, 0.2) is 35.1 Å². The average molecular weight is 279 g/mol. The first-order valence-electron chi connectivity index (χ1n) is 4.88. The summed E-state index contributed by atoms with van der Waals surface area (Å²) in [6.45, 7) is 2.64. The minimum Gasteiger partial charge on any atom is -0.364 e. The summed E-state index contributed by atoms with van der Waals surface area (Å²) in [5.74, 6) is 0.869. The van der Waals surface area contributed by atoms with Gasteiger partial charge >= 0.3 is 0 Å². The first-order chi connectivity index (χ1) is 7.75. The van der Waals surface area contributed by atoms with E-state index in [-0.39, 0.29) is 0 Å². The Morgan fingerprint density at radius 2 is 2.31 bits per heavy atom. The van der Waals surface area contributed by atoms with E-state index in [0.717, 1.165) is 21.5 Å². The number of rotatable bonds is 3.